The Kier molecular flexibility index (Phi) is 5.64. The van der Waals surface area contributed by atoms with Crippen molar-refractivity contribution in [1.29, 1.82) is 0 Å². The Balaban J connectivity index is 1.61. The third-order valence-electron chi connectivity index (χ3n) is 4.78. The van der Waals surface area contributed by atoms with Gasteiger partial charge in [0, 0.05) is 10.9 Å². The number of hydrogen-bond donors (Lipinski definition) is 0. The molecule has 0 atom stereocenters. The summed E-state index contributed by atoms with van der Waals surface area (Å²) in [5, 5.41) is 0.129. The minimum absolute atomic E-state index is 0.0460. The first-order valence-corrected chi connectivity index (χ1v) is 9.58. The van der Waals surface area contributed by atoms with Crippen LogP contribution in [-0.4, -0.2) is 6.61 Å². The molecule has 0 amide bonds. The molecule has 154 valence electrons. The molecule has 0 spiro atoms. The van der Waals surface area contributed by atoms with Crippen molar-refractivity contribution in [2.45, 2.75) is 6.92 Å². The molecule has 1 nitrogen and oxygen atoms in total. The highest BCUT2D eigenvalue weighted by Gasteiger charge is 2.13. The third kappa shape index (κ3) is 4.24. The summed E-state index contributed by atoms with van der Waals surface area (Å²) in [7, 11) is 0. The maximum atomic E-state index is 14.6. The van der Waals surface area contributed by atoms with E-state index in [4.69, 9.17) is 4.74 Å². The van der Waals surface area contributed by atoms with Gasteiger partial charge in [0.1, 0.15) is 11.6 Å². The first kappa shape index (κ1) is 20.5. The summed E-state index contributed by atoms with van der Waals surface area (Å²) < 4.78 is 60.6. The van der Waals surface area contributed by atoms with Crippen LogP contribution in [0.15, 0.2) is 66.7 Å². The number of halogens is 4. The first-order valence-electron chi connectivity index (χ1n) is 9.58. The van der Waals surface area contributed by atoms with Gasteiger partial charge in [0.05, 0.1) is 12.2 Å². The van der Waals surface area contributed by atoms with Crippen LogP contribution in [0.5, 0.6) is 5.75 Å². The molecule has 0 aliphatic heterocycles. The molecule has 0 radical (unpaired) electrons. The van der Waals surface area contributed by atoms with E-state index in [1.54, 1.807) is 12.1 Å². The van der Waals surface area contributed by atoms with Crippen LogP contribution in [0.3, 0.4) is 0 Å². The van der Waals surface area contributed by atoms with E-state index in [1.807, 2.05) is 31.2 Å². The summed E-state index contributed by atoms with van der Waals surface area (Å²) >= 11 is 0. The largest absolute Gasteiger partial charge is 0.494 e. The van der Waals surface area contributed by atoms with Gasteiger partial charge in [0.15, 0.2) is 17.5 Å². The zero-order valence-corrected chi connectivity index (χ0v) is 16.5. The summed E-state index contributed by atoms with van der Waals surface area (Å²) in [5.74, 6) is 1.74. The van der Waals surface area contributed by atoms with E-state index in [2.05, 4.69) is 11.8 Å². The molecule has 4 rings (SSSR count). The molecule has 0 aliphatic carbocycles. The number of benzene rings is 4. The van der Waals surface area contributed by atoms with Crippen LogP contribution >= 0.6 is 0 Å². The van der Waals surface area contributed by atoms with Gasteiger partial charge < -0.3 is 4.74 Å². The lowest BCUT2D eigenvalue weighted by molar-refractivity contribution is 0.340. The molecule has 0 aromatic heterocycles. The smallest absolute Gasteiger partial charge is 0.195 e. The van der Waals surface area contributed by atoms with Gasteiger partial charge in [0.2, 0.25) is 0 Å². The van der Waals surface area contributed by atoms with Crippen LogP contribution in [0.25, 0.3) is 21.9 Å². The Morgan fingerprint density at radius 1 is 0.710 bits per heavy atom. The zero-order chi connectivity index (χ0) is 22.0. The lowest BCUT2D eigenvalue weighted by atomic mass is 10.0. The lowest BCUT2D eigenvalue weighted by Crippen LogP contribution is -1.92. The second kappa shape index (κ2) is 8.53. The molecule has 0 aliphatic rings. The highest BCUT2D eigenvalue weighted by Crippen LogP contribution is 2.25. The molecule has 0 unspecified atom stereocenters. The van der Waals surface area contributed by atoms with Crippen LogP contribution in [0.2, 0.25) is 0 Å². The molecular weight excluding hydrogens is 404 g/mol. The van der Waals surface area contributed by atoms with Crippen LogP contribution in [-0.2, 0) is 0 Å². The van der Waals surface area contributed by atoms with Crippen molar-refractivity contribution in [2.24, 2.45) is 0 Å². The monoisotopic (exact) mass is 420 g/mol. The fourth-order valence-electron chi connectivity index (χ4n) is 3.23. The first-order chi connectivity index (χ1) is 15.0. The Hall–Kier alpha value is -3.78. The van der Waals surface area contributed by atoms with E-state index < -0.39 is 23.3 Å². The van der Waals surface area contributed by atoms with E-state index in [-0.39, 0.29) is 16.3 Å². The topological polar surface area (TPSA) is 9.23 Å². The second-order valence-corrected chi connectivity index (χ2v) is 6.82. The minimum atomic E-state index is -1.51. The van der Waals surface area contributed by atoms with Crippen molar-refractivity contribution in [3.8, 4) is 28.7 Å². The summed E-state index contributed by atoms with van der Waals surface area (Å²) in [6, 6.07) is 17.2. The normalized spacial score (nSPS) is 10.6. The second-order valence-electron chi connectivity index (χ2n) is 6.82. The Morgan fingerprint density at radius 3 is 2.16 bits per heavy atom. The van der Waals surface area contributed by atoms with E-state index in [0.717, 1.165) is 17.4 Å². The highest BCUT2D eigenvalue weighted by molar-refractivity contribution is 5.84. The van der Waals surface area contributed by atoms with Gasteiger partial charge in [0.25, 0.3) is 0 Å². The summed E-state index contributed by atoms with van der Waals surface area (Å²) in [4.78, 5) is 0. The van der Waals surface area contributed by atoms with Gasteiger partial charge in [-0.25, -0.2) is 17.6 Å². The van der Waals surface area contributed by atoms with Gasteiger partial charge >= 0.3 is 0 Å². The van der Waals surface area contributed by atoms with Crippen molar-refractivity contribution in [2.75, 3.05) is 6.61 Å². The molecule has 0 fully saturated rings. The Labute approximate surface area is 176 Å². The van der Waals surface area contributed by atoms with E-state index >= 15 is 0 Å². The van der Waals surface area contributed by atoms with Gasteiger partial charge in [-0.2, -0.15) is 0 Å². The quantitative estimate of drug-likeness (QED) is 0.200. The van der Waals surface area contributed by atoms with Crippen molar-refractivity contribution >= 4 is 10.8 Å². The molecule has 0 N–H and O–H groups in total. The molecule has 0 heterocycles. The molecule has 31 heavy (non-hydrogen) atoms. The predicted molar refractivity (Wildman–Crippen MR) is 113 cm³/mol. The number of fused-ring (bicyclic) bond motifs is 1. The van der Waals surface area contributed by atoms with Crippen molar-refractivity contribution < 1.29 is 22.3 Å². The Morgan fingerprint density at radius 2 is 1.45 bits per heavy atom. The Bertz CT molecular complexity index is 1330. The maximum Gasteiger partial charge on any atom is 0.195 e. The van der Waals surface area contributed by atoms with Crippen molar-refractivity contribution in [3.63, 3.8) is 0 Å². The number of ether oxygens (including phenoxy) is 1. The lowest BCUT2D eigenvalue weighted by Gasteiger charge is -2.06. The molecule has 5 heteroatoms. The van der Waals surface area contributed by atoms with E-state index in [9.17, 15) is 17.6 Å². The molecular formula is C26H16F4O. The predicted octanol–water partition coefficient (Wildman–Crippen LogP) is 6.86. The van der Waals surface area contributed by atoms with Crippen molar-refractivity contribution in [1.82, 2.24) is 0 Å². The zero-order valence-electron chi connectivity index (χ0n) is 16.5. The fourth-order valence-corrected chi connectivity index (χ4v) is 3.23. The van der Waals surface area contributed by atoms with Crippen LogP contribution in [0, 0.1) is 35.1 Å². The van der Waals surface area contributed by atoms with Gasteiger partial charge in [-0.15, -0.1) is 0 Å². The van der Waals surface area contributed by atoms with Gasteiger partial charge in [-0.05, 0) is 65.9 Å². The van der Waals surface area contributed by atoms with Crippen molar-refractivity contribution in [3.05, 3.63) is 101 Å². The van der Waals surface area contributed by atoms with Gasteiger partial charge in [-0.3, -0.25) is 0 Å². The summed E-state index contributed by atoms with van der Waals surface area (Å²) in [6.45, 7) is 2.47. The minimum Gasteiger partial charge on any atom is -0.494 e. The standard InChI is InChI=1S/C26H16F4O/c1-2-31-21-10-8-17(9-11-21)19-7-6-18(23(27)14-19)5-3-16-4-12-22-20(13-16)15-24(28)26(30)25(22)29/h4,6-15H,2H2,1H3. The number of hydrogen-bond acceptors (Lipinski definition) is 1. The average molecular weight is 420 g/mol. The SMILES string of the molecule is CCOc1ccc(-c2ccc(C#Cc3ccc4c(F)c(F)c(F)cc4c3)c(F)c2)cc1. The number of rotatable bonds is 3. The molecule has 4 aromatic carbocycles. The third-order valence-corrected chi connectivity index (χ3v) is 4.78. The molecule has 0 bridgehead atoms. The molecule has 0 saturated carbocycles. The highest BCUT2D eigenvalue weighted by atomic mass is 19.2. The molecule has 0 saturated heterocycles. The van der Waals surface area contributed by atoms with Gasteiger partial charge in [-0.1, -0.05) is 36.1 Å². The fraction of sp³-hybridized carbons (Fsp3) is 0.0769. The van der Waals surface area contributed by atoms with Crippen LogP contribution in [0.4, 0.5) is 17.6 Å². The van der Waals surface area contributed by atoms with E-state index in [0.29, 0.717) is 17.7 Å². The van der Waals surface area contributed by atoms with E-state index in [1.165, 1.54) is 24.3 Å². The van der Waals surface area contributed by atoms with Crippen LogP contribution < -0.4 is 4.74 Å². The average Bonchev–Trinajstić information content (AvgIpc) is 2.77. The maximum absolute atomic E-state index is 14.6. The molecule has 4 aromatic rings. The summed E-state index contributed by atoms with van der Waals surface area (Å²) in [6.07, 6.45) is 0. The summed E-state index contributed by atoms with van der Waals surface area (Å²) in [5.41, 5.74) is 2.15. The van der Waals surface area contributed by atoms with Crippen LogP contribution in [0.1, 0.15) is 18.1 Å².